The van der Waals surface area contributed by atoms with Crippen molar-refractivity contribution in [1.82, 2.24) is 15.1 Å². The first-order chi connectivity index (χ1) is 13.7. The maximum absolute atomic E-state index is 5.59. The lowest BCUT2D eigenvalue weighted by Gasteiger charge is -2.50. The summed E-state index contributed by atoms with van der Waals surface area (Å²) >= 11 is 0. The number of fused-ring (bicyclic) bond motifs is 1. The summed E-state index contributed by atoms with van der Waals surface area (Å²) in [4.78, 5) is 5.05. The largest absolute Gasteiger partial charge is 0.497 e. The molecule has 30 heavy (non-hydrogen) atoms. The normalized spacial score (nSPS) is 20.9. The number of nitrogens with zero attached hydrogens (tertiary/aromatic N) is 2. The summed E-state index contributed by atoms with van der Waals surface area (Å²) in [7, 11) is 3.40. The summed E-state index contributed by atoms with van der Waals surface area (Å²) in [6.07, 6.45) is 4.22. The zero-order chi connectivity index (χ0) is 19.6. The zero-order valence-electron chi connectivity index (χ0n) is 17.8. The Hall–Kier alpha value is -1.92. The molecule has 2 aromatic carbocycles. The van der Waals surface area contributed by atoms with Gasteiger partial charge in [-0.1, -0.05) is 31.2 Å². The van der Waals surface area contributed by atoms with Crippen molar-refractivity contribution >= 4 is 30.9 Å². The minimum Gasteiger partial charge on any atom is -0.497 e. The van der Waals surface area contributed by atoms with E-state index in [4.69, 9.17) is 9.47 Å². The van der Waals surface area contributed by atoms with Crippen LogP contribution in [0, 0.1) is 0 Å². The molecular weight excluding hydrogens is 421 g/mol. The predicted molar refractivity (Wildman–Crippen MR) is 127 cm³/mol. The van der Waals surface area contributed by atoms with Crippen molar-refractivity contribution < 1.29 is 9.47 Å². The van der Waals surface area contributed by atoms with Gasteiger partial charge in [-0.25, -0.2) is 0 Å². The molecule has 2 aromatic rings. The van der Waals surface area contributed by atoms with E-state index in [1.165, 1.54) is 11.1 Å². The molecule has 2 heterocycles. The van der Waals surface area contributed by atoms with E-state index in [9.17, 15) is 0 Å². The molecule has 0 radical (unpaired) electrons. The van der Waals surface area contributed by atoms with Gasteiger partial charge in [0, 0.05) is 43.4 Å². The minimum atomic E-state index is -0.451. The SMILES string of the molecule is CCN1CCN(C2(c3cc(OC)cc(OC)c3)NC=Cc3ccccc32)CC1.Cl.Cl. The molecule has 1 atom stereocenters. The average Bonchev–Trinajstić information content (AvgIpc) is 2.78. The van der Waals surface area contributed by atoms with Gasteiger partial charge in [0.2, 0.25) is 0 Å². The lowest BCUT2D eigenvalue weighted by atomic mass is 9.83. The van der Waals surface area contributed by atoms with Gasteiger partial charge in [-0.15, -0.1) is 24.8 Å². The first-order valence-electron chi connectivity index (χ1n) is 9.96. The van der Waals surface area contributed by atoms with E-state index in [2.05, 4.69) is 70.7 Å². The highest BCUT2D eigenvalue weighted by atomic mass is 35.5. The maximum Gasteiger partial charge on any atom is 0.144 e. The van der Waals surface area contributed by atoms with Gasteiger partial charge >= 0.3 is 0 Å². The molecule has 1 unspecified atom stereocenters. The van der Waals surface area contributed by atoms with E-state index >= 15 is 0 Å². The van der Waals surface area contributed by atoms with Crippen molar-refractivity contribution in [1.29, 1.82) is 0 Å². The molecule has 0 saturated carbocycles. The Morgan fingerprint density at radius 3 is 2.17 bits per heavy atom. The number of hydrogen-bond donors (Lipinski definition) is 1. The van der Waals surface area contributed by atoms with Crippen LogP contribution >= 0.6 is 24.8 Å². The van der Waals surface area contributed by atoms with Crippen LogP contribution in [-0.4, -0.2) is 56.7 Å². The molecule has 2 aliphatic rings. The van der Waals surface area contributed by atoms with Crippen LogP contribution in [0.1, 0.15) is 23.6 Å². The average molecular weight is 452 g/mol. The highest BCUT2D eigenvalue weighted by molar-refractivity contribution is 5.85. The fourth-order valence-electron chi connectivity index (χ4n) is 4.40. The molecule has 1 N–H and O–H groups in total. The molecule has 1 saturated heterocycles. The summed E-state index contributed by atoms with van der Waals surface area (Å²) in [6, 6.07) is 14.8. The fraction of sp³-hybridized carbons (Fsp3) is 0.391. The molecule has 0 spiro atoms. The Kier molecular flexibility index (Phi) is 8.44. The van der Waals surface area contributed by atoms with E-state index in [1.807, 2.05) is 6.07 Å². The molecule has 0 bridgehead atoms. The first kappa shape index (κ1) is 24.4. The molecule has 1 fully saturated rings. The Labute approximate surface area is 191 Å². The van der Waals surface area contributed by atoms with Gasteiger partial charge in [0.05, 0.1) is 14.2 Å². The van der Waals surface area contributed by atoms with Gasteiger partial charge in [-0.3, -0.25) is 4.90 Å². The van der Waals surface area contributed by atoms with Crippen LogP contribution in [0.2, 0.25) is 0 Å². The van der Waals surface area contributed by atoms with Crippen molar-refractivity contribution in [3.8, 4) is 11.5 Å². The van der Waals surface area contributed by atoms with Crippen LogP contribution in [0.4, 0.5) is 0 Å². The van der Waals surface area contributed by atoms with Gasteiger partial charge in [0.15, 0.2) is 0 Å². The van der Waals surface area contributed by atoms with Crippen LogP contribution in [-0.2, 0) is 5.66 Å². The van der Waals surface area contributed by atoms with Crippen molar-refractivity contribution in [2.45, 2.75) is 12.6 Å². The van der Waals surface area contributed by atoms with Crippen LogP contribution in [0.5, 0.6) is 11.5 Å². The van der Waals surface area contributed by atoms with Crippen LogP contribution in [0.25, 0.3) is 6.08 Å². The Bertz CT molecular complexity index is 847. The monoisotopic (exact) mass is 451 g/mol. The first-order valence-corrected chi connectivity index (χ1v) is 9.96. The van der Waals surface area contributed by atoms with E-state index < -0.39 is 5.66 Å². The van der Waals surface area contributed by atoms with Crippen molar-refractivity contribution in [3.05, 3.63) is 65.4 Å². The highest BCUT2D eigenvalue weighted by Gasteiger charge is 2.43. The third kappa shape index (κ3) is 4.26. The zero-order valence-corrected chi connectivity index (χ0v) is 19.4. The van der Waals surface area contributed by atoms with Crippen molar-refractivity contribution in [2.75, 3.05) is 46.9 Å². The van der Waals surface area contributed by atoms with Gasteiger partial charge in [0.1, 0.15) is 17.2 Å². The number of rotatable bonds is 5. The molecule has 0 aromatic heterocycles. The molecule has 0 amide bonds. The second kappa shape index (κ2) is 10.4. The topological polar surface area (TPSA) is 37.0 Å². The molecule has 0 aliphatic carbocycles. The Balaban J connectivity index is 0.00000160. The second-order valence-corrected chi connectivity index (χ2v) is 7.30. The fourth-order valence-corrected chi connectivity index (χ4v) is 4.40. The summed E-state index contributed by atoms with van der Waals surface area (Å²) in [6.45, 7) is 7.43. The van der Waals surface area contributed by atoms with Gasteiger partial charge in [0.25, 0.3) is 0 Å². The maximum atomic E-state index is 5.59. The molecule has 7 heteroatoms. The van der Waals surface area contributed by atoms with Gasteiger partial charge in [-0.2, -0.15) is 0 Å². The quantitative estimate of drug-likeness (QED) is 0.744. The van der Waals surface area contributed by atoms with Crippen LogP contribution in [0.15, 0.2) is 48.7 Å². The Morgan fingerprint density at radius 1 is 0.933 bits per heavy atom. The van der Waals surface area contributed by atoms with E-state index in [0.717, 1.165) is 49.8 Å². The minimum absolute atomic E-state index is 0. The van der Waals surface area contributed by atoms with Crippen molar-refractivity contribution in [3.63, 3.8) is 0 Å². The smallest absolute Gasteiger partial charge is 0.144 e. The summed E-state index contributed by atoms with van der Waals surface area (Å²) in [5, 5.41) is 3.73. The summed E-state index contributed by atoms with van der Waals surface area (Å²) in [5.41, 5.74) is 3.18. The third-order valence-corrected chi connectivity index (χ3v) is 5.97. The molecule has 2 aliphatic heterocycles. The van der Waals surface area contributed by atoms with Crippen molar-refractivity contribution in [2.24, 2.45) is 0 Å². The molecule has 4 rings (SSSR count). The summed E-state index contributed by atoms with van der Waals surface area (Å²) in [5.74, 6) is 1.60. The number of likely N-dealkylation sites (N-methyl/N-ethyl adjacent to an activating group) is 1. The molecule has 5 nitrogen and oxygen atoms in total. The number of hydrogen-bond acceptors (Lipinski definition) is 5. The van der Waals surface area contributed by atoms with Crippen LogP contribution < -0.4 is 14.8 Å². The highest BCUT2D eigenvalue weighted by Crippen LogP contribution is 2.41. The molecule has 164 valence electrons. The standard InChI is InChI=1S/C23H29N3O2.2ClH/c1-4-25-11-13-26(14-12-25)23(19-15-20(27-2)17-21(16-19)28-3)22-8-6-5-7-18(22)9-10-24-23;;/h5-10,15-17,24H,4,11-14H2,1-3H3;2*1H. The number of piperazine rings is 1. The predicted octanol–water partition coefficient (Wildman–Crippen LogP) is 3.96. The molecular formula is C23H31Cl2N3O2. The third-order valence-electron chi connectivity index (χ3n) is 5.97. The van der Waals surface area contributed by atoms with Gasteiger partial charge < -0.3 is 19.7 Å². The Morgan fingerprint density at radius 2 is 1.57 bits per heavy atom. The second-order valence-electron chi connectivity index (χ2n) is 7.30. The number of ether oxygens (including phenoxy) is 2. The number of methoxy groups -OCH3 is 2. The number of halogens is 2. The van der Waals surface area contributed by atoms with Gasteiger partial charge in [-0.05, 0) is 36.5 Å². The lowest BCUT2D eigenvalue weighted by Crippen LogP contribution is -2.61. The van der Waals surface area contributed by atoms with E-state index in [-0.39, 0.29) is 24.8 Å². The van der Waals surface area contributed by atoms with Crippen LogP contribution in [0.3, 0.4) is 0 Å². The number of nitrogens with one attached hydrogen (secondary N) is 1. The van der Waals surface area contributed by atoms with E-state index in [1.54, 1.807) is 14.2 Å². The lowest BCUT2D eigenvalue weighted by molar-refractivity contribution is 0.0408. The van der Waals surface area contributed by atoms with E-state index in [0.29, 0.717) is 0 Å². The number of benzene rings is 2. The summed E-state index contributed by atoms with van der Waals surface area (Å²) < 4.78 is 11.2.